The molecule has 0 saturated heterocycles. The third-order valence-corrected chi connectivity index (χ3v) is 4.10. The molecule has 1 amide bonds. The summed E-state index contributed by atoms with van der Waals surface area (Å²) in [6, 6.07) is 6.15. The lowest BCUT2D eigenvalue weighted by atomic mass is 9.97. The Labute approximate surface area is 159 Å². The molecule has 0 saturated carbocycles. The Morgan fingerprint density at radius 1 is 1.29 bits per heavy atom. The van der Waals surface area contributed by atoms with Gasteiger partial charge in [0.05, 0.1) is 17.0 Å². The quantitative estimate of drug-likeness (QED) is 0.841. The summed E-state index contributed by atoms with van der Waals surface area (Å²) in [6.07, 6.45) is -2.69. The number of allylic oxidation sites excluding steroid dienone is 2. The number of oxime groups is 1. The number of hydrogen-bond acceptors (Lipinski definition) is 4. The van der Waals surface area contributed by atoms with Gasteiger partial charge in [-0.15, -0.1) is 0 Å². The van der Waals surface area contributed by atoms with Crippen molar-refractivity contribution in [2.75, 3.05) is 0 Å². The summed E-state index contributed by atoms with van der Waals surface area (Å²) in [6.45, 7) is 5.36. The summed E-state index contributed by atoms with van der Waals surface area (Å²) in [5.41, 5.74) is 1.06. The van der Waals surface area contributed by atoms with Crippen LogP contribution in [-0.2, 0) is 11.0 Å². The van der Waals surface area contributed by atoms with E-state index in [0.717, 1.165) is 12.1 Å². The van der Waals surface area contributed by atoms with Gasteiger partial charge in [0.25, 0.3) is 0 Å². The molecule has 6 nitrogen and oxygen atoms in total. The molecule has 0 spiro atoms. The third kappa shape index (κ3) is 4.24. The number of aromatic nitrogens is 2. The van der Waals surface area contributed by atoms with Crippen LogP contribution in [0.4, 0.5) is 18.0 Å². The molecule has 1 aliphatic rings. The van der Waals surface area contributed by atoms with Gasteiger partial charge in [-0.25, -0.2) is 4.79 Å². The first-order valence-corrected chi connectivity index (χ1v) is 8.63. The van der Waals surface area contributed by atoms with E-state index in [1.807, 2.05) is 13.8 Å². The minimum atomic E-state index is -4.44. The smallest absolute Gasteiger partial charge is 0.361 e. The summed E-state index contributed by atoms with van der Waals surface area (Å²) < 4.78 is 40.1. The average Bonchev–Trinajstić information content (AvgIpc) is 3.11. The second-order valence-electron chi connectivity index (χ2n) is 6.67. The van der Waals surface area contributed by atoms with Gasteiger partial charge in [0.2, 0.25) is 0 Å². The van der Waals surface area contributed by atoms with Gasteiger partial charge in [-0.2, -0.15) is 23.0 Å². The highest BCUT2D eigenvalue weighted by molar-refractivity contribution is 6.06. The molecule has 0 bridgehead atoms. The van der Waals surface area contributed by atoms with Crippen LogP contribution in [0.1, 0.15) is 44.0 Å². The van der Waals surface area contributed by atoms with Crippen molar-refractivity contribution in [2.24, 2.45) is 5.16 Å². The number of carbonyl (C=O) groups excluding carboxylic acids is 1. The molecule has 9 heteroatoms. The molecule has 3 rings (SSSR count). The van der Waals surface area contributed by atoms with E-state index in [0.29, 0.717) is 28.3 Å². The molecule has 148 valence electrons. The zero-order chi connectivity index (χ0) is 20.5. The molecular formula is C19H19F3N4O2. The first-order valence-electron chi connectivity index (χ1n) is 8.63. The highest BCUT2D eigenvalue weighted by Crippen LogP contribution is 2.32. The number of rotatable bonds is 3. The third-order valence-electron chi connectivity index (χ3n) is 4.10. The Morgan fingerprint density at radius 2 is 2.04 bits per heavy atom. The second kappa shape index (κ2) is 7.49. The lowest BCUT2D eigenvalue weighted by Gasteiger charge is -2.17. The SMILES string of the molecule is CC1=C(c2ccn(C(=O)NC(C)C)n2)CC(c2cccc(C(F)(F)F)c2)=NO1. The predicted molar refractivity (Wildman–Crippen MR) is 97.6 cm³/mol. The minimum absolute atomic E-state index is 0.0428. The van der Waals surface area contributed by atoms with Crippen molar-refractivity contribution >= 4 is 17.3 Å². The van der Waals surface area contributed by atoms with Crippen LogP contribution in [0.3, 0.4) is 0 Å². The van der Waals surface area contributed by atoms with Crippen molar-refractivity contribution in [2.45, 2.75) is 39.4 Å². The molecule has 28 heavy (non-hydrogen) atoms. The molecule has 0 aliphatic carbocycles. The molecule has 0 atom stereocenters. The Hall–Kier alpha value is -3.10. The van der Waals surface area contributed by atoms with E-state index in [9.17, 15) is 18.0 Å². The van der Waals surface area contributed by atoms with Crippen molar-refractivity contribution in [3.8, 4) is 0 Å². The summed E-state index contributed by atoms with van der Waals surface area (Å²) in [5, 5.41) is 10.9. The maximum atomic E-state index is 13.0. The number of benzene rings is 1. The molecule has 1 aliphatic heterocycles. The monoisotopic (exact) mass is 392 g/mol. The van der Waals surface area contributed by atoms with E-state index in [4.69, 9.17) is 4.84 Å². The van der Waals surface area contributed by atoms with Crippen LogP contribution < -0.4 is 5.32 Å². The Kier molecular flexibility index (Phi) is 5.26. The zero-order valence-electron chi connectivity index (χ0n) is 15.5. The maximum Gasteiger partial charge on any atom is 0.416 e. The largest absolute Gasteiger partial charge is 0.416 e. The fourth-order valence-corrected chi connectivity index (χ4v) is 2.71. The lowest BCUT2D eigenvalue weighted by Crippen LogP contribution is -2.34. The van der Waals surface area contributed by atoms with Crippen LogP contribution in [0, 0.1) is 0 Å². The van der Waals surface area contributed by atoms with Crippen LogP contribution in [0.25, 0.3) is 5.57 Å². The maximum absolute atomic E-state index is 13.0. The van der Waals surface area contributed by atoms with Gasteiger partial charge in [-0.05, 0) is 39.0 Å². The normalized spacial score (nSPS) is 14.8. The molecule has 1 aromatic heterocycles. The van der Waals surface area contributed by atoms with Crippen molar-refractivity contribution in [3.05, 3.63) is 59.1 Å². The molecule has 0 fully saturated rings. The molecule has 0 unspecified atom stereocenters. The van der Waals surface area contributed by atoms with Gasteiger partial charge in [-0.1, -0.05) is 17.3 Å². The number of hydrogen-bond donors (Lipinski definition) is 1. The van der Waals surface area contributed by atoms with Crippen LogP contribution in [0.5, 0.6) is 0 Å². The lowest BCUT2D eigenvalue weighted by molar-refractivity contribution is -0.137. The highest BCUT2D eigenvalue weighted by Gasteiger charge is 2.31. The Balaban J connectivity index is 1.84. The van der Waals surface area contributed by atoms with Crippen molar-refractivity contribution in [3.63, 3.8) is 0 Å². The van der Waals surface area contributed by atoms with E-state index in [1.54, 1.807) is 19.1 Å². The number of nitrogens with one attached hydrogen (secondary N) is 1. The van der Waals surface area contributed by atoms with Crippen LogP contribution in [-0.4, -0.2) is 27.6 Å². The van der Waals surface area contributed by atoms with E-state index >= 15 is 0 Å². The Bertz CT molecular complexity index is 958. The first kappa shape index (κ1) is 19.7. The number of halogens is 3. The summed E-state index contributed by atoms with van der Waals surface area (Å²) >= 11 is 0. The molecule has 1 aromatic carbocycles. The van der Waals surface area contributed by atoms with Gasteiger partial charge in [0, 0.05) is 29.8 Å². The molecule has 0 radical (unpaired) electrons. The van der Waals surface area contributed by atoms with Gasteiger partial charge < -0.3 is 10.2 Å². The topological polar surface area (TPSA) is 68.5 Å². The fraction of sp³-hybridized carbons (Fsp3) is 0.316. The number of alkyl halides is 3. The van der Waals surface area contributed by atoms with Gasteiger partial charge in [0.15, 0.2) is 0 Å². The van der Waals surface area contributed by atoms with E-state index < -0.39 is 11.7 Å². The van der Waals surface area contributed by atoms with E-state index in [2.05, 4.69) is 15.6 Å². The van der Waals surface area contributed by atoms with E-state index in [-0.39, 0.29) is 18.5 Å². The van der Waals surface area contributed by atoms with Gasteiger partial charge >= 0.3 is 12.2 Å². The number of amides is 1. The first-order chi connectivity index (χ1) is 13.1. The number of carbonyl (C=O) groups is 1. The molecule has 2 heterocycles. The van der Waals surface area contributed by atoms with E-state index in [1.165, 1.54) is 16.9 Å². The molecular weight excluding hydrogens is 373 g/mol. The van der Waals surface area contributed by atoms with Crippen molar-refractivity contribution < 1.29 is 22.8 Å². The van der Waals surface area contributed by atoms with Crippen LogP contribution >= 0.6 is 0 Å². The summed E-state index contributed by atoms with van der Waals surface area (Å²) in [5.74, 6) is 0.477. The molecule has 1 N–H and O–H groups in total. The minimum Gasteiger partial charge on any atom is -0.361 e. The zero-order valence-corrected chi connectivity index (χ0v) is 15.5. The highest BCUT2D eigenvalue weighted by atomic mass is 19.4. The fourth-order valence-electron chi connectivity index (χ4n) is 2.71. The molecule has 2 aromatic rings. The van der Waals surface area contributed by atoms with Crippen LogP contribution in [0.15, 0.2) is 47.4 Å². The van der Waals surface area contributed by atoms with Crippen molar-refractivity contribution in [1.82, 2.24) is 15.1 Å². The average molecular weight is 392 g/mol. The van der Waals surface area contributed by atoms with Gasteiger partial charge in [-0.3, -0.25) is 0 Å². The second-order valence-corrected chi connectivity index (χ2v) is 6.67. The summed E-state index contributed by atoms with van der Waals surface area (Å²) in [7, 11) is 0. The predicted octanol–water partition coefficient (Wildman–Crippen LogP) is 4.42. The van der Waals surface area contributed by atoms with Crippen molar-refractivity contribution in [1.29, 1.82) is 0 Å². The van der Waals surface area contributed by atoms with Crippen LogP contribution in [0.2, 0.25) is 0 Å². The summed E-state index contributed by atoms with van der Waals surface area (Å²) in [4.78, 5) is 17.4. The van der Waals surface area contributed by atoms with Gasteiger partial charge in [0.1, 0.15) is 5.76 Å². The Morgan fingerprint density at radius 3 is 2.71 bits per heavy atom. The number of nitrogens with zero attached hydrogens (tertiary/aromatic N) is 3. The standard InChI is InChI=1S/C19H19F3N4O2/c1-11(2)23-18(27)26-8-7-16(24-26)15-10-17(25-28-12(15)3)13-5-4-6-14(9-13)19(20,21)22/h4-9,11H,10H2,1-3H3,(H,23,27).